The molecule has 1 amide bonds. The second-order valence-corrected chi connectivity index (χ2v) is 3.54. The van der Waals surface area contributed by atoms with Crippen molar-refractivity contribution >= 4 is 5.91 Å². The van der Waals surface area contributed by atoms with Crippen LogP contribution in [0.3, 0.4) is 0 Å². The van der Waals surface area contributed by atoms with E-state index in [1.54, 1.807) is 6.08 Å². The van der Waals surface area contributed by atoms with Crippen molar-refractivity contribution in [3.8, 4) is 0 Å². The molecule has 0 spiro atoms. The molecule has 0 bridgehead atoms. The van der Waals surface area contributed by atoms with Crippen LogP contribution < -0.4 is 5.32 Å². The summed E-state index contributed by atoms with van der Waals surface area (Å²) in [6.07, 6.45) is 5.08. The van der Waals surface area contributed by atoms with Gasteiger partial charge in [-0.2, -0.15) is 0 Å². The topological polar surface area (TPSA) is 49.3 Å². The van der Waals surface area contributed by atoms with Crippen molar-refractivity contribution in [2.45, 2.75) is 31.7 Å². The number of hydrogen-bond donors (Lipinski definition) is 2. The normalized spacial score (nSPS) is 27.2. The fourth-order valence-corrected chi connectivity index (χ4v) is 1.84. The van der Waals surface area contributed by atoms with Crippen molar-refractivity contribution in [3.63, 3.8) is 0 Å². The van der Waals surface area contributed by atoms with E-state index in [4.69, 9.17) is 5.11 Å². The third kappa shape index (κ3) is 2.84. The molecule has 1 aliphatic rings. The minimum absolute atomic E-state index is 0.0142. The van der Waals surface area contributed by atoms with Crippen LogP contribution >= 0.6 is 0 Å². The summed E-state index contributed by atoms with van der Waals surface area (Å²) in [5, 5.41) is 11.9. The molecule has 3 nitrogen and oxygen atoms in total. The first-order chi connectivity index (χ1) is 6.27. The van der Waals surface area contributed by atoms with Gasteiger partial charge in [-0.15, -0.1) is 6.58 Å². The van der Waals surface area contributed by atoms with E-state index in [9.17, 15) is 4.79 Å². The van der Waals surface area contributed by atoms with Crippen LogP contribution in [-0.4, -0.2) is 23.7 Å². The van der Waals surface area contributed by atoms with Gasteiger partial charge >= 0.3 is 0 Å². The molecular formula is C10H17NO2. The number of rotatable bonds is 4. The summed E-state index contributed by atoms with van der Waals surface area (Å²) in [6.45, 7) is 3.68. The maximum absolute atomic E-state index is 11.2. The molecule has 74 valence electrons. The fourth-order valence-electron chi connectivity index (χ4n) is 1.84. The molecule has 0 aliphatic heterocycles. The summed E-state index contributed by atoms with van der Waals surface area (Å²) >= 11 is 0. The lowest BCUT2D eigenvalue weighted by atomic mass is 10.1. The first-order valence-electron chi connectivity index (χ1n) is 4.79. The van der Waals surface area contributed by atoms with Crippen LogP contribution in [0.25, 0.3) is 0 Å². The van der Waals surface area contributed by atoms with Crippen molar-refractivity contribution in [1.29, 1.82) is 0 Å². The van der Waals surface area contributed by atoms with E-state index in [0.29, 0.717) is 6.42 Å². The van der Waals surface area contributed by atoms with E-state index in [2.05, 4.69) is 11.9 Å². The molecule has 2 N–H and O–H groups in total. The smallest absolute Gasteiger partial charge is 0.224 e. The number of carbonyl (C=O) groups excluding carboxylic acids is 1. The SMILES string of the molecule is C=CCC(=O)NC1CCCC1CO. The minimum atomic E-state index is 0.0142. The Morgan fingerprint density at radius 1 is 1.62 bits per heavy atom. The summed E-state index contributed by atoms with van der Waals surface area (Å²) in [5.41, 5.74) is 0. The third-order valence-electron chi connectivity index (χ3n) is 2.57. The number of aliphatic hydroxyl groups excluding tert-OH is 1. The van der Waals surface area contributed by atoms with Gasteiger partial charge in [0.2, 0.25) is 5.91 Å². The highest BCUT2D eigenvalue weighted by Gasteiger charge is 2.27. The molecule has 0 aromatic rings. The van der Waals surface area contributed by atoms with Gasteiger partial charge in [0.05, 0.1) is 0 Å². The predicted molar refractivity (Wildman–Crippen MR) is 51.2 cm³/mol. The quantitative estimate of drug-likeness (QED) is 0.634. The first-order valence-corrected chi connectivity index (χ1v) is 4.79. The van der Waals surface area contributed by atoms with Gasteiger partial charge in [0.25, 0.3) is 0 Å². The average molecular weight is 183 g/mol. The highest BCUT2D eigenvalue weighted by atomic mass is 16.3. The van der Waals surface area contributed by atoms with Crippen molar-refractivity contribution in [1.82, 2.24) is 5.32 Å². The van der Waals surface area contributed by atoms with Crippen LogP contribution in [0.2, 0.25) is 0 Å². The van der Waals surface area contributed by atoms with Crippen LogP contribution in [0, 0.1) is 5.92 Å². The van der Waals surface area contributed by atoms with Gasteiger partial charge in [-0.05, 0) is 12.8 Å². The van der Waals surface area contributed by atoms with E-state index >= 15 is 0 Å². The van der Waals surface area contributed by atoms with Gasteiger partial charge in [-0.1, -0.05) is 12.5 Å². The summed E-state index contributed by atoms with van der Waals surface area (Å²) in [4.78, 5) is 11.2. The van der Waals surface area contributed by atoms with E-state index < -0.39 is 0 Å². The highest BCUT2D eigenvalue weighted by molar-refractivity contribution is 5.77. The molecule has 3 heteroatoms. The van der Waals surface area contributed by atoms with Crippen molar-refractivity contribution in [2.24, 2.45) is 5.92 Å². The summed E-state index contributed by atoms with van der Waals surface area (Å²) in [7, 11) is 0. The molecule has 1 fully saturated rings. The Kier molecular flexibility index (Phi) is 3.96. The maximum Gasteiger partial charge on any atom is 0.224 e. The van der Waals surface area contributed by atoms with Gasteiger partial charge < -0.3 is 10.4 Å². The Balaban J connectivity index is 2.34. The Labute approximate surface area is 78.8 Å². The second-order valence-electron chi connectivity index (χ2n) is 3.54. The lowest BCUT2D eigenvalue weighted by Crippen LogP contribution is -2.38. The number of nitrogens with one attached hydrogen (secondary N) is 1. The second kappa shape index (κ2) is 5.02. The predicted octanol–water partition coefficient (Wildman–Crippen LogP) is 0.840. The van der Waals surface area contributed by atoms with Crippen LogP contribution in [-0.2, 0) is 4.79 Å². The van der Waals surface area contributed by atoms with Crippen LogP contribution in [0.1, 0.15) is 25.7 Å². The lowest BCUT2D eigenvalue weighted by molar-refractivity contribution is -0.121. The number of aliphatic hydroxyl groups is 1. The zero-order valence-electron chi connectivity index (χ0n) is 7.83. The van der Waals surface area contributed by atoms with Crippen LogP contribution in [0.5, 0.6) is 0 Å². The molecule has 0 aromatic heterocycles. The summed E-state index contributed by atoms with van der Waals surface area (Å²) in [5.74, 6) is 0.272. The zero-order chi connectivity index (χ0) is 9.68. The Morgan fingerprint density at radius 2 is 2.38 bits per heavy atom. The Bertz CT molecular complexity index is 191. The van der Waals surface area contributed by atoms with Crippen molar-refractivity contribution < 1.29 is 9.90 Å². The van der Waals surface area contributed by atoms with Crippen LogP contribution in [0.4, 0.5) is 0 Å². The number of carbonyl (C=O) groups is 1. The van der Waals surface area contributed by atoms with Gasteiger partial charge in [0, 0.05) is 25.0 Å². The van der Waals surface area contributed by atoms with E-state index in [0.717, 1.165) is 19.3 Å². The average Bonchev–Trinajstić information content (AvgIpc) is 2.52. The minimum Gasteiger partial charge on any atom is -0.396 e. The molecule has 0 saturated heterocycles. The van der Waals surface area contributed by atoms with E-state index in [1.807, 2.05) is 0 Å². The number of hydrogen-bond acceptors (Lipinski definition) is 2. The Morgan fingerprint density at radius 3 is 3.00 bits per heavy atom. The molecule has 0 aromatic carbocycles. The molecule has 0 radical (unpaired) electrons. The molecule has 1 rings (SSSR count). The van der Waals surface area contributed by atoms with Crippen molar-refractivity contribution in [2.75, 3.05) is 6.61 Å². The standard InChI is InChI=1S/C10H17NO2/c1-2-4-10(13)11-9-6-3-5-8(9)7-12/h2,8-9,12H,1,3-7H2,(H,11,13). The van der Waals surface area contributed by atoms with Crippen molar-refractivity contribution in [3.05, 3.63) is 12.7 Å². The van der Waals surface area contributed by atoms with Gasteiger partial charge in [0.1, 0.15) is 0 Å². The molecule has 0 heterocycles. The molecule has 1 saturated carbocycles. The summed E-state index contributed by atoms with van der Waals surface area (Å²) in [6, 6.07) is 0.178. The van der Waals surface area contributed by atoms with E-state index in [1.165, 1.54) is 0 Å². The Hall–Kier alpha value is -0.830. The lowest BCUT2D eigenvalue weighted by Gasteiger charge is -2.18. The molecule has 2 unspecified atom stereocenters. The zero-order valence-corrected chi connectivity index (χ0v) is 7.83. The molecule has 13 heavy (non-hydrogen) atoms. The van der Waals surface area contributed by atoms with Crippen LogP contribution in [0.15, 0.2) is 12.7 Å². The highest BCUT2D eigenvalue weighted by Crippen LogP contribution is 2.24. The van der Waals surface area contributed by atoms with Gasteiger partial charge in [-0.25, -0.2) is 0 Å². The maximum atomic E-state index is 11.2. The van der Waals surface area contributed by atoms with E-state index in [-0.39, 0.29) is 24.5 Å². The molecule has 1 aliphatic carbocycles. The fraction of sp³-hybridized carbons (Fsp3) is 0.700. The third-order valence-corrected chi connectivity index (χ3v) is 2.57. The molecule has 2 atom stereocenters. The van der Waals surface area contributed by atoms with Gasteiger partial charge in [0.15, 0.2) is 0 Å². The largest absolute Gasteiger partial charge is 0.396 e. The molecular weight excluding hydrogens is 166 g/mol. The van der Waals surface area contributed by atoms with Gasteiger partial charge in [-0.3, -0.25) is 4.79 Å². The number of amides is 1. The monoisotopic (exact) mass is 183 g/mol. The summed E-state index contributed by atoms with van der Waals surface area (Å²) < 4.78 is 0. The first kappa shape index (κ1) is 10.3.